The van der Waals surface area contributed by atoms with E-state index in [0.29, 0.717) is 5.92 Å². The van der Waals surface area contributed by atoms with Gasteiger partial charge in [-0.05, 0) is 30.7 Å². The zero-order valence-electron chi connectivity index (χ0n) is 10.3. The summed E-state index contributed by atoms with van der Waals surface area (Å²) in [5, 5.41) is 12.4. The van der Waals surface area contributed by atoms with E-state index >= 15 is 0 Å². The zero-order valence-corrected chi connectivity index (χ0v) is 10.3. The standard InChI is InChI=1S/C12H23NO2/c1-5-13-12(7-10(14)15)8-11(3,4)6-9(12)2/h9,13H,5-8H2,1-4H3,(H,14,15). The van der Waals surface area contributed by atoms with Crippen LogP contribution in [0, 0.1) is 11.3 Å². The van der Waals surface area contributed by atoms with Crippen molar-refractivity contribution in [2.45, 2.75) is 52.5 Å². The fourth-order valence-electron chi connectivity index (χ4n) is 3.28. The summed E-state index contributed by atoms with van der Waals surface area (Å²) in [5.41, 5.74) is 0.0706. The fourth-order valence-corrected chi connectivity index (χ4v) is 3.28. The predicted octanol–water partition coefficient (Wildman–Crippen LogP) is 2.27. The summed E-state index contributed by atoms with van der Waals surface area (Å²) in [5.74, 6) is -0.260. The molecule has 1 aliphatic rings. The van der Waals surface area contributed by atoms with E-state index < -0.39 is 5.97 Å². The fraction of sp³-hybridized carbons (Fsp3) is 0.917. The number of nitrogens with one attached hydrogen (secondary N) is 1. The van der Waals surface area contributed by atoms with E-state index in [2.05, 4.69) is 26.1 Å². The summed E-state index contributed by atoms with van der Waals surface area (Å²) in [4.78, 5) is 11.0. The normalized spacial score (nSPS) is 34.3. The zero-order chi connectivity index (χ0) is 11.7. The Morgan fingerprint density at radius 1 is 1.53 bits per heavy atom. The Labute approximate surface area is 92.3 Å². The van der Waals surface area contributed by atoms with Gasteiger partial charge in [0.25, 0.3) is 0 Å². The quantitative estimate of drug-likeness (QED) is 0.753. The van der Waals surface area contributed by atoms with Gasteiger partial charge >= 0.3 is 5.97 Å². The van der Waals surface area contributed by atoms with E-state index in [-0.39, 0.29) is 17.4 Å². The van der Waals surface area contributed by atoms with Gasteiger partial charge in [0.15, 0.2) is 0 Å². The molecule has 1 fully saturated rings. The maximum Gasteiger partial charge on any atom is 0.305 e. The van der Waals surface area contributed by atoms with Gasteiger partial charge in [0.05, 0.1) is 6.42 Å². The van der Waals surface area contributed by atoms with E-state index in [1.807, 2.05) is 6.92 Å². The van der Waals surface area contributed by atoms with Gasteiger partial charge in [-0.3, -0.25) is 4.79 Å². The summed E-state index contributed by atoms with van der Waals surface area (Å²) in [6, 6.07) is 0. The monoisotopic (exact) mass is 213 g/mol. The Bertz CT molecular complexity index is 250. The molecule has 0 amide bonds. The van der Waals surface area contributed by atoms with Crippen molar-refractivity contribution in [1.82, 2.24) is 5.32 Å². The van der Waals surface area contributed by atoms with Gasteiger partial charge < -0.3 is 10.4 Å². The van der Waals surface area contributed by atoms with Crippen molar-refractivity contribution < 1.29 is 9.90 Å². The molecular formula is C12H23NO2. The molecule has 2 N–H and O–H groups in total. The molecular weight excluding hydrogens is 190 g/mol. The number of rotatable bonds is 4. The Kier molecular flexibility index (Phi) is 3.44. The molecule has 0 radical (unpaired) electrons. The first kappa shape index (κ1) is 12.5. The van der Waals surface area contributed by atoms with Gasteiger partial charge in [-0.15, -0.1) is 0 Å². The first-order chi connectivity index (χ1) is 6.81. The van der Waals surface area contributed by atoms with E-state index in [9.17, 15) is 4.79 Å². The van der Waals surface area contributed by atoms with Crippen molar-refractivity contribution in [2.24, 2.45) is 11.3 Å². The maximum atomic E-state index is 11.0. The molecule has 3 heteroatoms. The second kappa shape index (κ2) is 4.12. The van der Waals surface area contributed by atoms with Crippen LogP contribution in [0.5, 0.6) is 0 Å². The lowest BCUT2D eigenvalue weighted by Crippen LogP contribution is -2.49. The molecule has 1 saturated carbocycles. The Morgan fingerprint density at radius 3 is 2.47 bits per heavy atom. The summed E-state index contributed by atoms with van der Waals surface area (Å²) in [6.07, 6.45) is 2.31. The average molecular weight is 213 g/mol. The molecule has 2 unspecified atom stereocenters. The van der Waals surface area contributed by atoms with Crippen LogP contribution >= 0.6 is 0 Å². The van der Waals surface area contributed by atoms with Crippen molar-refractivity contribution in [3.63, 3.8) is 0 Å². The second-order valence-electron chi connectivity index (χ2n) is 5.70. The molecule has 1 aliphatic carbocycles. The third kappa shape index (κ3) is 2.71. The van der Waals surface area contributed by atoms with Crippen LogP contribution in [0.3, 0.4) is 0 Å². The lowest BCUT2D eigenvalue weighted by Gasteiger charge is -2.34. The van der Waals surface area contributed by atoms with Crippen molar-refractivity contribution in [3.8, 4) is 0 Å². The lowest BCUT2D eigenvalue weighted by molar-refractivity contribution is -0.139. The topological polar surface area (TPSA) is 49.3 Å². The van der Waals surface area contributed by atoms with Crippen LogP contribution in [0.2, 0.25) is 0 Å². The smallest absolute Gasteiger partial charge is 0.305 e. The van der Waals surface area contributed by atoms with Gasteiger partial charge in [0.1, 0.15) is 0 Å². The van der Waals surface area contributed by atoms with E-state index in [1.165, 1.54) is 0 Å². The highest BCUT2D eigenvalue weighted by atomic mass is 16.4. The Morgan fingerprint density at radius 2 is 2.13 bits per heavy atom. The summed E-state index contributed by atoms with van der Waals surface area (Å²) in [7, 11) is 0. The van der Waals surface area contributed by atoms with Gasteiger partial charge in [-0.2, -0.15) is 0 Å². The molecule has 0 aliphatic heterocycles. The summed E-state index contributed by atoms with van der Waals surface area (Å²) < 4.78 is 0. The molecule has 88 valence electrons. The molecule has 0 aromatic carbocycles. The van der Waals surface area contributed by atoms with Crippen LogP contribution < -0.4 is 5.32 Å². The minimum Gasteiger partial charge on any atom is -0.481 e. The second-order valence-corrected chi connectivity index (χ2v) is 5.70. The molecule has 0 aromatic heterocycles. The minimum atomic E-state index is -0.694. The van der Waals surface area contributed by atoms with Crippen LogP contribution in [-0.2, 0) is 4.79 Å². The number of hydrogen-bond acceptors (Lipinski definition) is 2. The molecule has 0 saturated heterocycles. The SMILES string of the molecule is CCNC1(CC(=O)O)CC(C)(C)CC1C. The highest BCUT2D eigenvalue weighted by Crippen LogP contribution is 2.48. The number of hydrogen-bond donors (Lipinski definition) is 2. The number of carboxylic acids is 1. The molecule has 1 rings (SSSR count). The molecule has 0 aromatic rings. The molecule has 0 spiro atoms. The third-order valence-electron chi connectivity index (χ3n) is 3.59. The maximum absolute atomic E-state index is 11.0. The number of carboxylic acid groups (broad SMARTS) is 1. The van der Waals surface area contributed by atoms with E-state index in [4.69, 9.17) is 5.11 Å². The number of carbonyl (C=O) groups is 1. The van der Waals surface area contributed by atoms with Crippen LogP contribution in [0.25, 0.3) is 0 Å². The first-order valence-corrected chi connectivity index (χ1v) is 5.78. The largest absolute Gasteiger partial charge is 0.481 e. The van der Waals surface area contributed by atoms with Gasteiger partial charge in [0.2, 0.25) is 0 Å². The third-order valence-corrected chi connectivity index (χ3v) is 3.59. The van der Waals surface area contributed by atoms with Crippen molar-refractivity contribution >= 4 is 5.97 Å². The van der Waals surface area contributed by atoms with Crippen molar-refractivity contribution in [2.75, 3.05) is 6.54 Å². The van der Waals surface area contributed by atoms with Crippen LogP contribution in [-0.4, -0.2) is 23.2 Å². The van der Waals surface area contributed by atoms with Gasteiger partial charge in [0, 0.05) is 5.54 Å². The average Bonchev–Trinajstić information content (AvgIpc) is 2.20. The van der Waals surface area contributed by atoms with Gasteiger partial charge in [-0.1, -0.05) is 27.7 Å². The number of aliphatic carboxylic acids is 1. The highest BCUT2D eigenvalue weighted by molar-refractivity contribution is 5.68. The Hall–Kier alpha value is -0.570. The first-order valence-electron chi connectivity index (χ1n) is 5.78. The van der Waals surface area contributed by atoms with Crippen LogP contribution in [0.15, 0.2) is 0 Å². The van der Waals surface area contributed by atoms with Crippen molar-refractivity contribution in [3.05, 3.63) is 0 Å². The van der Waals surface area contributed by atoms with Gasteiger partial charge in [-0.25, -0.2) is 0 Å². The van der Waals surface area contributed by atoms with Crippen LogP contribution in [0.4, 0.5) is 0 Å². The predicted molar refractivity (Wildman–Crippen MR) is 60.8 cm³/mol. The minimum absolute atomic E-state index is 0.190. The van der Waals surface area contributed by atoms with Crippen molar-refractivity contribution in [1.29, 1.82) is 0 Å². The molecule has 15 heavy (non-hydrogen) atoms. The summed E-state index contributed by atoms with van der Waals surface area (Å²) in [6.45, 7) is 9.50. The molecule has 0 bridgehead atoms. The van der Waals surface area contributed by atoms with E-state index in [1.54, 1.807) is 0 Å². The molecule has 3 nitrogen and oxygen atoms in total. The Balaban J connectivity index is 2.86. The lowest BCUT2D eigenvalue weighted by atomic mass is 9.83. The molecule has 0 heterocycles. The molecule has 2 atom stereocenters. The highest BCUT2D eigenvalue weighted by Gasteiger charge is 2.48. The summed E-state index contributed by atoms with van der Waals surface area (Å²) >= 11 is 0. The van der Waals surface area contributed by atoms with E-state index in [0.717, 1.165) is 19.4 Å². The van der Waals surface area contributed by atoms with Crippen LogP contribution in [0.1, 0.15) is 47.0 Å².